The molecule has 0 spiro atoms. The molecule has 0 aromatic rings. The van der Waals surface area contributed by atoms with Gasteiger partial charge >= 0.3 is 5.97 Å². The molecule has 25 heavy (non-hydrogen) atoms. The summed E-state index contributed by atoms with van der Waals surface area (Å²) in [5.41, 5.74) is -1.30. The summed E-state index contributed by atoms with van der Waals surface area (Å²) < 4.78 is 5.56. The smallest absolute Gasteiger partial charge is 0.315 e. The van der Waals surface area contributed by atoms with E-state index in [0.717, 1.165) is 29.6 Å². The summed E-state index contributed by atoms with van der Waals surface area (Å²) in [6, 6.07) is 0. The molecule has 0 heterocycles. The van der Waals surface area contributed by atoms with Crippen LogP contribution in [-0.2, 0) is 9.53 Å². The maximum atomic E-state index is 13.6. The number of aliphatic hydroxyl groups is 1. The second-order valence-corrected chi connectivity index (χ2v) is 11.4. The lowest BCUT2D eigenvalue weighted by molar-refractivity contribution is -0.262. The number of rotatable bonds is 1. The molecule has 9 saturated carbocycles. The maximum Gasteiger partial charge on any atom is 0.315 e. The van der Waals surface area contributed by atoms with E-state index in [9.17, 15) is 9.90 Å². The Morgan fingerprint density at radius 3 is 2.36 bits per heavy atom. The van der Waals surface area contributed by atoms with E-state index >= 15 is 0 Å². The van der Waals surface area contributed by atoms with E-state index in [-0.39, 0.29) is 11.4 Å². The van der Waals surface area contributed by atoms with Crippen LogP contribution in [0.3, 0.4) is 0 Å². The van der Waals surface area contributed by atoms with E-state index in [0.29, 0.717) is 35.5 Å². The standard InChI is InChI=1S/C22H28O3/c1-20-15-8-4-3-5-9(8)16-13(15)14-17-10-6-7-11(12(10)18(14)20)22(20,24)21(16,17)19(23)25-2/h8-18,24H,3-7H2,1-2H3/t8-,9+,10-,11-,12+,13+,14+,15-,16-,17+,18+,20-,21-,22-/m0/s1. The molecule has 134 valence electrons. The Labute approximate surface area is 148 Å². The Morgan fingerprint density at radius 2 is 1.60 bits per heavy atom. The van der Waals surface area contributed by atoms with Crippen LogP contribution in [0.5, 0.6) is 0 Å². The lowest BCUT2D eigenvalue weighted by Crippen LogP contribution is -2.72. The number of fused-ring (bicyclic) bond motifs is 1. The number of ether oxygens (including phenoxy) is 1. The zero-order chi connectivity index (χ0) is 16.7. The van der Waals surface area contributed by atoms with Crippen LogP contribution >= 0.6 is 0 Å². The molecule has 0 radical (unpaired) electrons. The third-order valence-electron chi connectivity index (χ3n) is 12.2. The van der Waals surface area contributed by atoms with Crippen LogP contribution in [0.15, 0.2) is 0 Å². The highest BCUT2D eigenvalue weighted by atomic mass is 16.5. The summed E-state index contributed by atoms with van der Waals surface area (Å²) in [6.45, 7) is 2.45. The molecular formula is C22H28O3. The zero-order valence-corrected chi connectivity index (χ0v) is 15.2. The van der Waals surface area contributed by atoms with Crippen molar-refractivity contribution in [2.45, 2.75) is 44.6 Å². The molecule has 9 bridgehead atoms. The summed E-state index contributed by atoms with van der Waals surface area (Å²) in [5, 5.41) is 12.6. The minimum Gasteiger partial charge on any atom is -0.468 e. The lowest BCUT2D eigenvalue weighted by Gasteiger charge is -2.62. The summed E-state index contributed by atoms with van der Waals surface area (Å²) in [5.74, 6) is 7.12. The fourth-order valence-corrected chi connectivity index (χ4v) is 13.0. The van der Waals surface area contributed by atoms with Crippen molar-refractivity contribution in [2.24, 2.45) is 75.9 Å². The molecule has 0 aliphatic heterocycles. The van der Waals surface area contributed by atoms with Gasteiger partial charge in [-0.1, -0.05) is 13.3 Å². The highest BCUT2D eigenvalue weighted by molar-refractivity contribution is 5.83. The number of esters is 1. The van der Waals surface area contributed by atoms with Gasteiger partial charge < -0.3 is 9.84 Å². The number of hydrogen-bond donors (Lipinski definition) is 1. The minimum absolute atomic E-state index is 0.00220. The molecular weight excluding hydrogens is 312 g/mol. The SMILES string of the molecule is COC(=O)[C@@]12[C@@H]3[C@H]4CC[C@H]5[C@@H]4[C@@H]4[C@@H]3[C@@H]3[C@H]([C@H]6CCC[C@H]6[C@@H]31)[C@]4(C)[C@@]52O. The Hall–Kier alpha value is -0.570. The second-order valence-electron chi connectivity index (χ2n) is 11.4. The molecule has 0 aromatic heterocycles. The first-order valence-electron chi connectivity index (χ1n) is 10.9. The molecule has 9 rings (SSSR count). The monoisotopic (exact) mass is 340 g/mol. The van der Waals surface area contributed by atoms with Crippen LogP contribution in [0.4, 0.5) is 0 Å². The van der Waals surface area contributed by atoms with Gasteiger partial charge in [0.2, 0.25) is 0 Å². The van der Waals surface area contributed by atoms with Gasteiger partial charge in [0.05, 0.1) is 12.7 Å². The van der Waals surface area contributed by atoms with Crippen LogP contribution in [0.25, 0.3) is 0 Å². The predicted molar refractivity (Wildman–Crippen MR) is 89.0 cm³/mol. The highest BCUT2D eigenvalue weighted by Gasteiger charge is 3.01. The molecule has 9 aliphatic rings. The topological polar surface area (TPSA) is 46.5 Å². The van der Waals surface area contributed by atoms with E-state index < -0.39 is 11.0 Å². The first-order chi connectivity index (χ1) is 12.1. The van der Waals surface area contributed by atoms with Crippen LogP contribution < -0.4 is 0 Å². The van der Waals surface area contributed by atoms with Gasteiger partial charge in [-0.25, -0.2) is 0 Å². The van der Waals surface area contributed by atoms with Crippen molar-refractivity contribution in [3.05, 3.63) is 0 Å². The molecule has 0 aromatic carbocycles. The average Bonchev–Trinajstić information content (AvgIpc) is 3.34. The first-order valence-corrected chi connectivity index (χ1v) is 10.9. The van der Waals surface area contributed by atoms with Crippen LogP contribution in [0, 0.1) is 75.9 Å². The minimum atomic E-state index is -0.761. The van der Waals surface area contributed by atoms with Crippen molar-refractivity contribution in [1.29, 1.82) is 0 Å². The van der Waals surface area contributed by atoms with Gasteiger partial charge in [-0.05, 0) is 90.8 Å². The summed E-state index contributed by atoms with van der Waals surface area (Å²) in [6.07, 6.45) is 6.43. The number of carbonyl (C=O) groups excluding carboxylic acids is 1. The van der Waals surface area contributed by atoms with E-state index in [4.69, 9.17) is 4.74 Å². The molecule has 0 saturated heterocycles. The highest BCUT2D eigenvalue weighted by Crippen LogP contribution is 2.98. The van der Waals surface area contributed by atoms with E-state index in [1.54, 1.807) is 7.11 Å². The van der Waals surface area contributed by atoms with Crippen LogP contribution in [0.2, 0.25) is 0 Å². The largest absolute Gasteiger partial charge is 0.468 e. The van der Waals surface area contributed by atoms with Crippen LogP contribution in [-0.4, -0.2) is 23.8 Å². The quantitative estimate of drug-likeness (QED) is 0.747. The summed E-state index contributed by atoms with van der Waals surface area (Å²) in [4.78, 5) is 13.6. The fourth-order valence-electron chi connectivity index (χ4n) is 13.0. The van der Waals surface area contributed by atoms with Crippen molar-refractivity contribution >= 4 is 5.97 Å². The molecule has 9 aliphatic carbocycles. The van der Waals surface area contributed by atoms with Crippen molar-refractivity contribution < 1.29 is 14.6 Å². The van der Waals surface area contributed by atoms with E-state index in [1.165, 1.54) is 32.1 Å². The van der Waals surface area contributed by atoms with Crippen molar-refractivity contribution in [1.82, 2.24) is 0 Å². The molecule has 3 nitrogen and oxygen atoms in total. The zero-order valence-electron chi connectivity index (χ0n) is 15.2. The van der Waals surface area contributed by atoms with E-state index in [1.807, 2.05) is 0 Å². The van der Waals surface area contributed by atoms with Gasteiger partial charge in [0.15, 0.2) is 0 Å². The third-order valence-corrected chi connectivity index (χ3v) is 12.2. The third kappa shape index (κ3) is 0.822. The van der Waals surface area contributed by atoms with Gasteiger partial charge in [0, 0.05) is 5.41 Å². The Kier molecular flexibility index (Phi) is 1.81. The average molecular weight is 340 g/mol. The van der Waals surface area contributed by atoms with Gasteiger partial charge in [0.1, 0.15) is 5.41 Å². The second kappa shape index (κ2) is 3.34. The Morgan fingerprint density at radius 1 is 0.920 bits per heavy atom. The van der Waals surface area contributed by atoms with Gasteiger partial charge in [0.25, 0.3) is 0 Å². The van der Waals surface area contributed by atoms with Crippen molar-refractivity contribution in [3.63, 3.8) is 0 Å². The van der Waals surface area contributed by atoms with Gasteiger partial charge in [-0.3, -0.25) is 4.79 Å². The van der Waals surface area contributed by atoms with Gasteiger partial charge in [-0.15, -0.1) is 0 Å². The van der Waals surface area contributed by atoms with Crippen molar-refractivity contribution in [3.8, 4) is 0 Å². The molecule has 0 unspecified atom stereocenters. The number of carbonyl (C=O) groups is 1. The molecule has 14 atom stereocenters. The predicted octanol–water partition coefficient (Wildman–Crippen LogP) is 2.72. The lowest BCUT2D eigenvalue weighted by atomic mass is 9.43. The first kappa shape index (κ1) is 13.6. The maximum absolute atomic E-state index is 13.6. The molecule has 1 N–H and O–H groups in total. The van der Waals surface area contributed by atoms with Crippen LogP contribution in [0.1, 0.15) is 39.0 Å². The van der Waals surface area contributed by atoms with Gasteiger partial charge in [-0.2, -0.15) is 0 Å². The summed E-state index contributed by atoms with van der Waals surface area (Å²) >= 11 is 0. The Balaban J connectivity index is 1.53. The molecule has 0 amide bonds. The fraction of sp³-hybridized carbons (Fsp3) is 0.955. The molecule has 9 fully saturated rings. The normalized spacial score (nSPS) is 76.8. The number of methoxy groups -OCH3 is 1. The Bertz CT molecular complexity index is 762. The molecule has 3 heteroatoms. The summed E-state index contributed by atoms with van der Waals surface area (Å²) in [7, 11) is 1.58. The number of hydrogen-bond acceptors (Lipinski definition) is 3. The van der Waals surface area contributed by atoms with Crippen molar-refractivity contribution in [2.75, 3.05) is 7.11 Å². The van der Waals surface area contributed by atoms with E-state index in [2.05, 4.69) is 6.92 Å².